The van der Waals surface area contributed by atoms with Crippen molar-refractivity contribution in [3.05, 3.63) is 0 Å². The lowest BCUT2D eigenvalue weighted by atomic mass is 10.0. The van der Waals surface area contributed by atoms with E-state index in [9.17, 15) is 4.79 Å². The van der Waals surface area contributed by atoms with Gasteiger partial charge in [0.05, 0.1) is 5.75 Å². The van der Waals surface area contributed by atoms with E-state index in [4.69, 9.17) is 0 Å². The molecule has 1 amide bonds. The molecule has 0 spiro atoms. The van der Waals surface area contributed by atoms with Crippen LogP contribution in [0.4, 0.5) is 5.13 Å². The summed E-state index contributed by atoms with van der Waals surface area (Å²) in [6, 6.07) is 0.379. The fourth-order valence-electron chi connectivity index (χ4n) is 2.31. The number of thioether (sulfide) groups is 1. The Morgan fingerprint density at radius 3 is 3.00 bits per heavy atom. The number of anilines is 1. The Balaban J connectivity index is 1.78. The van der Waals surface area contributed by atoms with Gasteiger partial charge in [0.2, 0.25) is 11.0 Å². The second kappa shape index (κ2) is 7.98. The minimum absolute atomic E-state index is 0.221. The lowest BCUT2D eigenvalue weighted by Crippen LogP contribution is -2.42. The third kappa shape index (κ3) is 5.14. The summed E-state index contributed by atoms with van der Waals surface area (Å²) in [5.74, 6) is 1.26. The Morgan fingerprint density at radius 2 is 2.29 bits per heavy atom. The summed E-state index contributed by atoms with van der Waals surface area (Å²) in [5.41, 5.74) is 0. The van der Waals surface area contributed by atoms with Crippen LogP contribution in [0.25, 0.3) is 0 Å². The van der Waals surface area contributed by atoms with Crippen molar-refractivity contribution < 1.29 is 4.79 Å². The number of carbonyl (C=O) groups is 1. The number of nitrogens with one attached hydrogen (secondary N) is 1. The van der Waals surface area contributed by atoms with Crippen molar-refractivity contribution in [3.8, 4) is 0 Å². The third-order valence-electron chi connectivity index (χ3n) is 3.51. The Bertz CT molecular complexity index is 464. The average molecular weight is 329 g/mol. The highest BCUT2D eigenvalue weighted by atomic mass is 32.2. The van der Waals surface area contributed by atoms with E-state index in [1.165, 1.54) is 29.5 Å². The monoisotopic (exact) mass is 328 g/mol. The molecule has 1 unspecified atom stereocenters. The Kier molecular flexibility index (Phi) is 6.29. The molecule has 0 aliphatic carbocycles. The fraction of sp³-hybridized carbons (Fsp3) is 0.786. The van der Waals surface area contributed by atoms with Crippen molar-refractivity contribution in [1.82, 2.24) is 15.1 Å². The second-order valence-electron chi connectivity index (χ2n) is 5.87. The van der Waals surface area contributed by atoms with Gasteiger partial charge in [-0.1, -0.05) is 36.9 Å². The van der Waals surface area contributed by atoms with E-state index in [1.807, 2.05) is 4.90 Å². The first kappa shape index (κ1) is 16.5. The standard InChI is InChI=1S/C14H24N4OS2/c1-10(2)8-15-13-16-17-14(21-13)20-9-12(19)18-7-5-4-6-11(18)3/h10-11H,4-9H2,1-3H3,(H,15,16). The first-order valence-electron chi connectivity index (χ1n) is 7.56. The van der Waals surface area contributed by atoms with E-state index in [1.54, 1.807) is 0 Å². The summed E-state index contributed by atoms with van der Waals surface area (Å²) < 4.78 is 0.860. The molecular weight excluding hydrogens is 304 g/mol. The summed E-state index contributed by atoms with van der Waals surface area (Å²) in [5, 5.41) is 12.3. The van der Waals surface area contributed by atoms with Crippen LogP contribution in [0.15, 0.2) is 4.34 Å². The summed E-state index contributed by atoms with van der Waals surface area (Å²) >= 11 is 3.02. The van der Waals surface area contributed by atoms with E-state index in [2.05, 4.69) is 36.3 Å². The van der Waals surface area contributed by atoms with Crippen LogP contribution < -0.4 is 5.32 Å². The summed E-state index contributed by atoms with van der Waals surface area (Å²) in [6.45, 7) is 8.24. The van der Waals surface area contributed by atoms with Crippen molar-refractivity contribution >= 4 is 34.1 Å². The molecule has 21 heavy (non-hydrogen) atoms. The van der Waals surface area contributed by atoms with Crippen LogP contribution in [0.5, 0.6) is 0 Å². The van der Waals surface area contributed by atoms with Crippen LogP contribution >= 0.6 is 23.1 Å². The highest BCUT2D eigenvalue weighted by Crippen LogP contribution is 2.26. The quantitative estimate of drug-likeness (QED) is 0.813. The minimum atomic E-state index is 0.221. The summed E-state index contributed by atoms with van der Waals surface area (Å²) in [4.78, 5) is 14.3. The molecule has 2 rings (SSSR count). The topological polar surface area (TPSA) is 58.1 Å². The van der Waals surface area contributed by atoms with Crippen LogP contribution in [-0.2, 0) is 4.79 Å². The molecule has 1 saturated heterocycles. The van der Waals surface area contributed by atoms with E-state index < -0.39 is 0 Å². The van der Waals surface area contributed by atoms with Crippen LogP contribution in [0, 0.1) is 5.92 Å². The predicted octanol–water partition coefficient (Wildman–Crippen LogP) is 3.10. The first-order chi connectivity index (χ1) is 10.1. The van der Waals surface area contributed by atoms with Gasteiger partial charge in [-0.25, -0.2) is 0 Å². The van der Waals surface area contributed by atoms with E-state index in [0.717, 1.165) is 35.4 Å². The van der Waals surface area contributed by atoms with Crippen molar-refractivity contribution in [2.75, 3.05) is 24.2 Å². The molecule has 1 aromatic heterocycles. The summed E-state index contributed by atoms with van der Waals surface area (Å²) in [7, 11) is 0. The zero-order valence-corrected chi connectivity index (χ0v) is 14.6. The van der Waals surface area contributed by atoms with E-state index in [-0.39, 0.29) is 5.91 Å². The molecule has 0 saturated carbocycles. The molecule has 0 radical (unpaired) electrons. The van der Waals surface area contributed by atoms with Gasteiger partial charge in [-0.15, -0.1) is 10.2 Å². The van der Waals surface area contributed by atoms with Gasteiger partial charge < -0.3 is 10.2 Å². The van der Waals surface area contributed by atoms with E-state index >= 15 is 0 Å². The number of carbonyl (C=O) groups excluding carboxylic acids is 1. The van der Waals surface area contributed by atoms with Crippen molar-refractivity contribution in [2.24, 2.45) is 5.92 Å². The average Bonchev–Trinajstić information content (AvgIpc) is 2.91. The number of piperidine rings is 1. The zero-order chi connectivity index (χ0) is 15.2. The van der Waals surface area contributed by atoms with Crippen LogP contribution in [-0.4, -0.2) is 45.9 Å². The third-order valence-corrected chi connectivity index (χ3v) is 5.51. The zero-order valence-electron chi connectivity index (χ0n) is 13.0. The Morgan fingerprint density at radius 1 is 1.48 bits per heavy atom. The van der Waals surface area contributed by atoms with Crippen molar-refractivity contribution in [1.29, 1.82) is 0 Å². The molecule has 0 bridgehead atoms. The largest absolute Gasteiger partial charge is 0.360 e. The molecule has 1 fully saturated rings. The predicted molar refractivity (Wildman–Crippen MR) is 89.0 cm³/mol. The molecule has 7 heteroatoms. The SMILES string of the molecule is CC(C)CNc1nnc(SCC(=O)N2CCCCC2C)s1. The van der Waals surface area contributed by atoms with Crippen molar-refractivity contribution in [2.45, 2.75) is 50.4 Å². The van der Waals surface area contributed by atoms with Gasteiger partial charge in [0.15, 0.2) is 4.34 Å². The molecule has 1 aliphatic rings. The van der Waals surface area contributed by atoms with Crippen molar-refractivity contribution in [3.63, 3.8) is 0 Å². The van der Waals surface area contributed by atoms with E-state index in [0.29, 0.717) is 17.7 Å². The van der Waals surface area contributed by atoms with Crippen LogP contribution in [0.1, 0.15) is 40.0 Å². The lowest BCUT2D eigenvalue weighted by molar-refractivity contribution is -0.131. The number of aromatic nitrogens is 2. The van der Waals surface area contributed by atoms with Crippen LogP contribution in [0.2, 0.25) is 0 Å². The lowest BCUT2D eigenvalue weighted by Gasteiger charge is -2.33. The molecule has 1 atom stereocenters. The normalized spacial score (nSPS) is 19.0. The molecule has 2 heterocycles. The number of hydrogen-bond acceptors (Lipinski definition) is 6. The smallest absolute Gasteiger partial charge is 0.233 e. The molecule has 1 aliphatic heterocycles. The highest BCUT2D eigenvalue weighted by Gasteiger charge is 2.23. The second-order valence-corrected chi connectivity index (χ2v) is 8.07. The maximum Gasteiger partial charge on any atom is 0.233 e. The first-order valence-corrected chi connectivity index (χ1v) is 9.36. The number of hydrogen-bond donors (Lipinski definition) is 1. The minimum Gasteiger partial charge on any atom is -0.360 e. The number of rotatable bonds is 6. The maximum atomic E-state index is 12.2. The fourth-order valence-corrected chi connectivity index (χ4v) is 3.95. The van der Waals surface area contributed by atoms with Gasteiger partial charge in [0, 0.05) is 19.1 Å². The van der Waals surface area contributed by atoms with Gasteiger partial charge >= 0.3 is 0 Å². The maximum absolute atomic E-state index is 12.2. The van der Waals surface area contributed by atoms with Gasteiger partial charge in [0.1, 0.15) is 0 Å². The molecular formula is C14H24N4OS2. The number of likely N-dealkylation sites (tertiary alicyclic amines) is 1. The summed E-state index contributed by atoms with van der Waals surface area (Å²) in [6.07, 6.45) is 3.49. The molecule has 1 aromatic rings. The number of amides is 1. The Hall–Kier alpha value is -0.820. The van der Waals surface area contributed by atoms with Crippen LogP contribution in [0.3, 0.4) is 0 Å². The number of nitrogens with zero attached hydrogens (tertiary/aromatic N) is 3. The molecule has 118 valence electrons. The van der Waals surface area contributed by atoms with Gasteiger partial charge in [-0.3, -0.25) is 4.79 Å². The highest BCUT2D eigenvalue weighted by molar-refractivity contribution is 8.01. The molecule has 1 N–H and O–H groups in total. The molecule has 0 aromatic carbocycles. The van der Waals surface area contributed by atoms with Gasteiger partial charge in [-0.05, 0) is 32.1 Å². The Labute approximate surface area is 134 Å². The molecule has 5 nitrogen and oxygen atoms in total. The van der Waals surface area contributed by atoms with Gasteiger partial charge in [0.25, 0.3) is 0 Å². The van der Waals surface area contributed by atoms with Gasteiger partial charge in [-0.2, -0.15) is 0 Å².